The van der Waals surface area contributed by atoms with Gasteiger partial charge in [-0.2, -0.15) is 0 Å². The molecular weight excluding hydrogens is 366 g/mol. The highest BCUT2D eigenvalue weighted by atomic mass is 35.5. The van der Waals surface area contributed by atoms with Gasteiger partial charge >= 0.3 is 0 Å². The molecule has 0 spiro atoms. The predicted molar refractivity (Wildman–Crippen MR) is 106 cm³/mol. The molecule has 6 nitrogen and oxygen atoms in total. The number of rotatable bonds is 4. The van der Waals surface area contributed by atoms with Gasteiger partial charge in [0.25, 0.3) is 11.8 Å². The molecule has 3 rings (SSSR count). The molecule has 7 heteroatoms. The first kappa shape index (κ1) is 19.7. The quantitative estimate of drug-likeness (QED) is 0.856. The van der Waals surface area contributed by atoms with Crippen LogP contribution in [0.15, 0.2) is 34.9 Å². The maximum atomic E-state index is 12.8. The molecule has 2 aliphatic heterocycles. The van der Waals surface area contributed by atoms with Crippen molar-refractivity contribution in [3.8, 4) is 0 Å². The molecule has 1 fully saturated rings. The fourth-order valence-corrected chi connectivity index (χ4v) is 3.61. The first-order valence-electron chi connectivity index (χ1n) is 9.28. The van der Waals surface area contributed by atoms with Gasteiger partial charge in [-0.15, -0.1) is 0 Å². The number of nitrogens with zero attached hydrogens (tertiary/aromatic N) is 2. The third kappa shape index (κ3) is 4.82. The monoisotopic (exact) mass is 391 g/mol. The van der Waals surface area contributed by atoms with Crippen LogP contribution in [-0.4, -0.2) is 63.2 Å². The predicted octanol–water partition coefficient (Wildman–Crippen LogP) is 2.39. The molecule has 0 aromatic heterocycles. The van der Waals surface area contributed by atoms with E-state index in [4.69, 9.17) is 16.3 Å². The lowest BCUT2D eigenvalue weighted by Crippen LogP contribution is -2.50. The van der Waals surface area contributed by atoms with Gasteiger partial charge in [-0.25, -0.2) is 0 Å². The van der Waals surface area contributed by atoms with Crippen molar-refractivity contribution in [1.82, 2.24) is 10.2 Å². The summed E-state index contributed by atoms with van der Waals surface area (Å²) in [6, 6.07) is 7.51. The van der Waals surface area contributed by atoms with Gasteiger partial charge in [-0.1, -0.05) is 11.6 Å². The van der Waals surface area contributed by atoms with Crippen molar-refractivity contribution in [2.24, 2.45) is 0 Å². The summed E-state index contributed by atoms with van der Waals surface area (Å²) in [4.78, 5) is 29.1. The fourth-order valence-electron chi connectivity index (χ4n) is 3.39. The Morgan fingerprint density at radius 1 is 1.26 bits per heavy atom. The average molecular weight is 392 g/mol. The average Bonchev–Trinajstić information content (AvgIpc) is 2.68. The van der Waals surface area contributed by atoms with Crippen LogP contribution >= 0.6 is 11.6 Å². The zero-order valence-electron chi connectivity index (χ0n) is 15.8. The van der Waals surface area contributed by atoms with Crippen molar-refractivity contribution in [3.05, 3.63) is 40.4 Å². The summed E-state index contributed by atoms with van der Waals surface area (Å²) < 4.78 is 5.34. The van der Waals surface area contributed by atoms with Crippen LogP contribution in [-0.2, 0) is 9.53 Å². The van der Waals surface area contributed by atoms with Gasteiger partial charge in [0.05, 0.1) is 18.8 Å². The van der Waals surface area contributed by atoms with Gasteiger partial charge in [0.1, 0.15) is 0 Å². The van der Waals surface area contributed by atoms with Crippen LogP contribution in [0.5, 0.6) is 0 Å². The SMILES string of the molecule is CN(C)c1ccc(C(=O)N2CCC[C@@H](NC(=O)C3=C(Cl)CCOC3)C2)cc1. The molecular formula is C20H26ClN3O3. The Labute approximate surface area is 165 Å². The number of carbonyl (C=O) groups excluding carboxylic acids is 2. The van der Waals surface area contributed by atoms with E-state index in [0.717, 1.165) is 18.5 Å². The molecule has 1 saturated heterocycles. The standard InChI is InChI=1S/C20H26ClN3O3/c1-23(2)16-7-5-14(6-8-16)20(26)24-10-3-4-15(12-24)22-19(25)17-13-27-11-9-18(17)21/h5-8,15H,3-4,9-13H2,1-2H3,(H,22,25)/t15-/m1/s1. The van der Waals surface area contributed by atoms with Gasteiger partial charge in [-0.05, 0) is 37.1 Å². The first-order chi connectivity index (χ1) is 13.0. The lowest BCUT2D eigenvalue weighted by molar-refractivity contribution is -0.119. The number of hydrogen-bond acceptors (Lipinski definition) is 4. The molecule has 1 atom stereocenters. The number of hydrogen-bond donors (Lipinski definition) is 1. The Balaban J connectivity index is 1.61. The Kier molecular flexibility index (Phi) is 6.39. The number of piperidine rings is 1. The number of carbonyl (C=O) groups is 2. The maximum absolute atomic E-state index is 12.8. The van der Waals surface area contributed by atoms with E-state index >= 15 is 0 Å². The van der Waals surface area contributed by atoms with Gasteiger partial charge in [0, 0.05) is 55.9 Å². The largest absolute Gasteiger partial charge is 0.378 e. The second kappa shape index (κ2) is 8.76. The molecule has 2 aliphatic rings. The van der Waals surface area contributed by atoms with Crippen molar-refractivity contribution in [2.45, 2.75) is 25.3 Å². The molecule has 0 saturated carbocycles. The van der Waals surface area contributed by atoms with Gasteiger partial charge in [-0.3, -0.25) is 9.59 Å². The van der Waals surface area contributed by atoms with E-state index < -0.39 is 0 Å². The molecule has 2 heterocycles. The van der Waals surface area contributed by atoms with Crippen LogP contribution in [0.2, 0.25) is 0 Å². The van der Waals surface area contributed by atoms with Crippen molar-refractivity contribution in [3.63, 3.8) is 0 Å². The fraction of sp³-hybridized carbons (Fsp3) is 0.500. The van der Waals surface area contributed by atoms with Crippen molar-refractivity contribution < 1.29 is 14.3 Å². The van der Waals surface area contributed by atoms with Crippen LogP contribution in [0.1, 0.15) is 29.6 Å². The minimum absolute atomic E-state index is 0.00231. The van der Waals surface area contributed by atoms with Crippen LogP contribution in [0.25, 0.3) is 0 Å². The van der Waals surface area contributed by atoms with Crippen LogP contribution in [0.3, 0.4) is 0 Å². The Hall–Kier alpha value is -2.05. The van der Waals surface area contributed by atoms with Crippen LogP contribution in [0, 0.1) is 0 Å². The van der Waals surface area contributed by atoms with Crippen molar-refractivity contribution in [2.75, 3.05) is 45.3 Å². The summed E-state index contributed by atoms with van der Waals surface area (Å²) in [5, 5.41) is 3.59. The third-order valence-electron chi connectivity index (χ3n) is 4.99. The zero-order valence-corrected chi connectivity index (χ0v) is 16.6. The lowest BCUT2D eigenvalue weighted by atomic mass is 10.0. The molecule has 1 aromatic carbocycles. The number of anilines is 1. The van der Waals surface area contributed by atoms with Gasteiger partial charge in [0.15, 0.2) is 0 Å². The highest BCUT2D eigenvalue weighted by Gasteiger charge is 2.27. The molecule has 0 unspecified atom stereocenters. The van der Waals surface area contributed by atoms with E-state index in [1.54, 1.807) is 0 Å². The van der Waals surface area contributed by atoms with Crippen LogP contribution in [0.4, 0.5) is 5.69 Å². The second-order valence-corrected chi connectivity index (χ2v) is 7.65. The maximum Gasteiger partial charge on any atom is 0.253 e. The second-order valence-electron chi connectivity index (χ2n) is 7.19. The highest BCUT2D eigenvalue weighted by molar-refractivity contribution is 6.32. The van der Waals surface area contributed by atoms with E-state index in [1.807, 2.05) is 48.2 Å². The molecule has 27 heavy (non-hydrogen) atoms. The zero-order chi connectivity index (χ0) is 19.4. The third-order valence-corrected chi connectivity index (χ3v) is 5.41. The van der Waals surface area contributed by atoms with E-state index in [0.29, 0.717) is 42.3 Å². The van der Waals surface area contributed by atoms with Gasteiger partial charge in [0.2, 0.25) is 0 Å². The summed E-state index contributed by atoms with van der Waals surface area (Å²) in [5.41, 5.74) is 2.22. The highest BCUT2D eigenvalue weighted by Crippen LogP contribution is 2.21. The first-order valence-corrected chi connectivity index (χ1v) is 9.66. The number of benzene rings is 1. The van der Waals surface area contributed by atoms with E-state index in [2.05, 4.69) is 5.32 Å². The van der Waals surface area contributed by atoms with Gasteiger partial charge < -0.3 is 19.9 Å². The minimum Gasteiger partial charge on any atom is -0.378 e. The molecule has 1 N–H and O–H groups in total. The van der Waals surface area contributed by atoms with E-state index in [-0.39, 0.29) is 24.5 Å². The van der Waals surface area contributed by atoms with Crippen molar-refractivity contribution in [1.29, 1.82) is 0 Å². The lowest BCUT2D eigenvalue weighted by Gasteiger charge is -2.33. The number of ether oxygens (including phenoxy) is 1. The molecule has 1 aromatic rings. The number of nitrogens with one attached hydrogen (secondary N) is 1. The Morgan fingerprint density at radius 2 is 2.00 bits per heavy atom. The summed E-state index contributed by atoms with van der Waals surface area (Å²) in [6.45, 7) is 2.01. The van der Waals surface area contributed by atoms with Crippen LogP contribution < -0.4 is 10.2 Å². The number of amides is 2. The smallest absolute Gasteiger partial charge is 0.253 e. The van der Waals surface area contributed by atoms with E-state index in [9.17, 15) is 9.59 Å². The molecule has 146 valence electrons. The Bertz CT molecular complexity index is 730. The summed E-state index contributed by atoms with van der Waals surface area (Å²) >= 11 is 6.16. The summed E-state index contributed by atoms with van der Waals surface area (Å²) in [7, 11) is 3.93. The minimum atomic E-state index is -0.186. The molecule has 0 aliphatic carbocycles. The topological polar surface area (TPSA) is 61.9 Å². The summed E-state index contributed by atoms with van der Waals surface area (Å²) in [5.74, 6) is -0.188. The molecule has 0 radical (unpaired) electrons. The Morgan fingerprint density at radius 3 is 2.67 bits per heavy atom. The molecule has 0 bridgehead atoms. The molecule has 2 amide bonds. The normalized spacial score (nSPS) is 20.4. The number of likely N-dealkylation sites (tertiary alicyclic amines) is 1. The number of halogens is 1. The van der Waals surface area contributed by atoms with E-state index in [1.165, 1.54) is 0 Å². The van der Waals surface area contributed by atoms with Crippen molar-refractivity contribution >= 4 is 29.1 Å². The summed E-state index contributed by atoms with van der Waals surface area (Å²) in [6.07, 6.45) is 2.28.